The van der Waals surface area contributed by atoms with E-state index in [1.165, 1.54) is 103 Å². The monoisotopic (exact) mass is 1830 g/mol. The van der Waals surface area contributed by atoms with E-state index in [0.29, 0.717) is 17.8 Å². The highest BCUT2D eigenvalue weighted by atomic mass is 15.3. The fourth-order valence-corrected chi connectivity index (χ4v) is 22.8. The van der Waals surface area contributed by atoms with E-state index in [1.807, 2.05) is 12.1 Å². The fourth-order valence-electron chi connectivity index (χ4n) is 22.8. The molecule has 0 aliphatic carbocycles. The molecule has 0 amide bonds. The molecule has 32 aromatic rings. The summed E-state index contributed by atoms with van der Waals surface area (Å²) < 4.78 is 20.9. The fraction of sp³-hybridized carbons (Fsp3) is 0. The van der Waals surface area contributed by atoms with Crippen LogP contribution in [0.25, 0.3) is 271 Å². The van der Waals surface area contributed by atoms with Crippen molar-refractivity contribution < 1.29 is 0 Å². The van der Waals surface area contributed by atoms with Gasteiger partial charge in [-0.05, 0) is 173 Å². The number of benzene rings is 20. The Bertz CT molecular complexity index is 10800. The average Bonchev–Trinajstić information content (AvgIpc) is 1.54. The highest BCUT2D eigenvalue weighted by Gasteiger charge is 2.28. The van der Waals surface area contributed by atoms with Crippen molar-refractivity contribution in [2.75, 3.05) is 0 Å². The van der Waals surface area contributed by atoms with Gasteiger partial charge in [0.15, 0.2) is 0 Å². The van der Waals surface area contributed by atoms with Crippen LogP contribution in [0, 0.1) is 0 Å². The third kappa shape index (κ3) is 12.3. The lowest BCUT2D eigenvalue weighted by Crippen LogP contribution is -2.03. The summed E-state index contributed by atoms with van der Waals surface area (Å²) in [6, 6.07) is 170. The summed E-state index contributed by atoms with van der Waals surface area (Å²) in [5.41, 5.74) is 32.2. The molecule has 0 N–H and O–H groups in total. The molecule has 12 heterocycles. The molecule has 0 saturated carbocycles. The lowest BCUT2D eigenvalue weighted by Gasteiger charge is -2.13. The summed E-state index contributed by atoms with van der Waals surface area (Å²) in [4.78, 5) is 31.7. The Balaban J connectivity index is 0.000000100. The zero-order chi connectivity index (χ0) is 93.6. The average molecular weight is 1830 g/mol. The second kappa shape index (κ2) is 31.5. The van der Waals surface area contributed by atoms with Gasteiger partial charge >= 0.3 is 0 Å². The minimum absolute atomic E-state index is 0.647. The van der Waals surface area contributed by atoms with E-state index in [2.05, 4.69) is 508 Å². The molecule has 32 rings (SSSR count). The summed E-state index contributed by atoms with van der Waals surface area (Å²) in [6.45, 7) is 0. The van der Waals surface area contributed by atoms with Crippen molar-refractivity contribution in [3.63, 3.8) is 0 Å². The molecule has 0 saturated heterocycles. The van der Waals surface area contributed by atoms with Gasteiger partial charge in [0.25, 0.3) is 0 Å². The SMILES string of the molecule is c1ccc(-c2nc(-n3c4ccc(-n5c6ccccc6c6ccccc65)cc4n4c5ccccc5cc34)nc3ccccc23)cc1.c1ccc2c(-c3nc(-n4c5ccc(-n6c7ccccc7c7ccccc76)cc5n5c6ccccc6cc45)nc4ccccc34)cccc2c1.c1ccc2cc(-c3nc(-n4c5ccc(-n6c7ccccc7c7ccccc76)cc5n5c6ccccc6cc45)nc4ccccc34)ccc2c1. The van der Waals surface area contributed by atoms with Gasteiger partial charge < -0.3 is 13.7 Å². The molecule has 0 fully saturated rings. The van der Waals surface area contributed by atoms with Crippen LogP contribution in [-0.4, -0.2) is 70.5 Å². The van der Waals surface area contributed by atoms with E-state index in [4.69, 9.17) is 29.9 Å². The van der Waals surface area contributed by atoms with Crippen LogP contribution in [0.3, 0.4) is 0 Å². The Labute approximate surface area is 815 Å². The maximum atomic E-state index is 5.42. The zero-order valence-corrected chi connectivity index (χ0v) is 76.8. The van der Waals surface area contributed by atoms with Crippen LogP contribution in [0.4, 0.5) is 0 Å². The number of hydrogen-bond donors (Lipinski definition) is 0. The molecular formula is C128H79N15. The molecule has 15 nitrogen and oxygen atoms in total. The molecule has 0 radical (unpaired) electrons. The number of fused-ring (bicyclic) bond motifs is 29. The zero-order valence-electron chi connectivity index (χ0n) is 76.8. The molecule has 0 atom stereocenters. The van der Waals surface area contributed by atoms with Gasteiger partial charge in [-0.3, -0.25) is 26.9 Å². The topological polar surface area (TPSA) is 120 Å². The van der Waals surface area contributed by atoms with Crippen molar-refractivity contribution in [1.29, 1.82) is 0 Å². The summed E-state index contributed by atoms with van der Waals surface area (Å²) >= 11 is 0. The van der Waals surface area contributed by atoms with Crippen LogP contribution in [0.2, 0.25) is 0 Å². The molecule has 0 unspecified atom stereocenters. The van der Waals surface area contributed by atoms with E-state index >= 15 is 0 Å². The lowest BCUT2D eigenvalue weighted by molar-refractivity contribution is 1.00. The third-order valence-electron chi connectivity index (χ3n) is 29.1. The molecule has 15 heteroatoms. The minimum atomic E-state index is 0.647. The quantitative estimate of drug-likeness (QED) is 0.142. The molecule has 20 aromatic carbocycles. The number of para-hydroxylation sites is 12. The standard InChI is InChI=1S/2C44H27N5.C40H25N5/c1-3-15-31-28(12-1)14-11-19-34(31)43-35-18-4-7-20-36(35)45-44(46-43)49-40-25-24-30(27-41(40)48-37-21-8-2-13-29(37)26-42(48)49)47-38-22-9-5-16-32(38)33-17-6-10-23-39(33)47;1-2-12-29-25-31(22-21-28(29)11-1)43-35-16-4-7-17-36(35)45-44(46-43)49-40-24-23-32(27-41(40)48-37-18-8-3-13-30(37)26-42(48)49)47-38-19-9-5-14-33(38)34-15-6-10-20-39(34)47;1-2-12-26(13-3-1)39-31-17-5-8-18-32(31)41-40(42-39)45-36-23-22-28(25-37(36)44-33-19-9-4-14-27(33)24-38(44)45)43-34-20-10-6-15-29(34)30-16-7-11-21-35(30)43/h2*1-27H;1-25H. The van der Waals surface area contributed by atoms with Gasteiger partial charge in [-0.25, -0.2) is 29.9 Å². The maximum Gasteiger partial charge on any atom is 0.237 e. The predicted octanol–water partition coefficient (Wildman–Crippen LogP) is 31.5. The first kappa shape index (κ1) is 79.6. The third-order valence-corrected chi connectivity index (χ3v) is 29.1. The van der Waals surface area contributed by atoms with Crippen LogP contribution in [0.1, 0.15) is 0 Å². The van der Waals surface area contributed by atoms with Gasteiger partial charge in [-0.2, -0.15) is 0 Å². The highest BCUT2D eigenvalue weighted by molar-refractivity contribution is 6.14. The molecule has 666 valence electrons. The molecule has 0 bridgehead atoms. The molecule has 143 heavy (non-hydrogen) atoms. The summed E-state index contributed by atoms with van der Waals surface area (Å²) in [5.74, 6) is 1.95. The molecule has 0 aliphatic heterocycles. The van der Waals surface area contributed by atoms with E-state index in [1.54, 1.807) is 0 Å². The molecule has 0 spiro atoms. The summed E-state index contributed by atoms with van der Waals surface area (Å²) in [5, 5.41) is 18.9. The van der Waals surface area contributed by atoms with E-state index in [-0.39, 0.29) is 0 Å². The van der Waals surface area contributed by atoms with Crippen molar-refractivity contribution in [3.05, 3.63) is 479 Å². The van der Waals surface area contributed by atoms with Crippen LogP contribution in [0.15, 0.2) is 479 Å². The van der Waals surface area contributed by atoms with Gasteiger partial charge in [-0.1, -0.05) is 328 Å². The Morgan fingerprint density at radius 1 is 0.140 bits per heavy atom. The largest absolute Gasteiger partial charge is 0.309 e. The normalized spacial score (nSPS) is 12.1. The molecule has 0 aliphatic rings. The van der Waals surface area contributed by atoms with Crippen molar-refractivity contribution >= 4 is 202 Å². The van der Waals surface area contributed by atoms with Gasteiger partial charge in [0, 0.05) is 98.4 Å². The van der Waals surface area contributed by atoms with Crippen molar-refractivity contribution in [2.24, 2.45) is 0 Å². The number of imidazole rings is 3. The number of hydrogen-bond acceptors (Lipinski definition) is 6. The maximum absolute atomic E-state index is 5.42. The summed E-state index contributed by atoms with van der Waals surface area (Å²) in [6.07, 6.45) is 0. The van der Waals surface area contributed by atoms with E-state index < -0.39 is 0 Å². The Morgan fingerprint density at radius 2 is 0.427 bits per heavy atom. The first-order chi connectivity index (χ1) is 70.9. The minimum Gasteiger partial charge on any atom is -0.309 e. The summed E-state index contributed by atoms with van der Waals surface area (Å²) in [7, 11) is 0. The van der Waals surface area contributed by atoms with Gasteiger partial charge in [0.1, 0.15) is 16.9 Å². The number of rotatable bonds is 9. The van der Waals surface area contributed by atoms with Crippen molar-refractivity contribution in [1.82, 2.24) is 70.5 Å². The second-order valence-electron chi connectivity index (χ2n) is 36.9. The lowest BCUT2D eigenvalue weighted by atomic mass is 9.99. The van der Waals surface area contributed by atoms with Crippen LogP contribution in [-0.2, 0) is 0 Å². The number of nitrogens with zero attached hydrogens (tertiary/aromatic N) is 15. The van der Waals surface area contributed by atoms with E-state index in [0.717, 1.165) is 150 Å². The van der Waals surface area contributed by atoms with Gasteiger partial charge in [0.2, 0.25) is 17.8 Å². The Morgan fingerprint density at radius 3 is 0.811 bits per heavy atom. The number of aromatic nitrogens is 15. The van der Waals surface area contributed by atoms with Crippen LogP contribution in [0.5, 0.6) is 0 Å². The van der Waals surface area contributed by atoms with E-state index in [9.17, 15) is 0 Å². The predicted molar refractivity (Wildman–Crippen MR) is 589 cm³/mol. The van der Waals surface area contributed by atoms with Crippen molar-refractivity contribution in [3.8, 4) is 68.7 Å². The van der Waals surface area contributed by atoms with Crippen LogP contribution < -0.4 is 0 Å². The molecule has 12 aromatic heterocycles. The second-order valence-corrected chi connectivity index (χ2v) is 36.9. The van der Waals surface area contributed by atoms with Crippen LogP contribution >= 0.6 is 0 Å². The smallest absolute Gasteiger partial charge is 0.237 e. The van der Waals surface area contributed by atoms with Crippen molar-refractivity contribution in [2.45, 2.75) is 0 Å². The molecular weight excluding hydrogens is 1750 g/mol. The first-order valence-corrected chi connectivity index (χ1v) is 48.4. The highest BCUT2D eigenvalue weighted by Crippen LogP contribution is 2.45. The van der Waals surface area contributed by atoms with Gasteiger partial charge in [-0.15, -0.1) is 0 Å². The Hall–Kier alpha value is -19.6. The van der Waals surface area contributed by atoms with Gasteiger partial charge in [0.05, 0.1) is 116 Å². The first-order valence-electron chi connectivity index (χ1n) is 48.4. The Kier molecular flexibility index (Phi) is 17.5.